The number of aromatic nitrogens is 1. The molecule has 0 bridgehead atoms. The van der Waals surface area contributed by atoms with Crippen molar-refractivity contribution < 1.29 is 9.47 Å². The third-order valence-electron chi connectivity index (χ3n) is 5.60. The molecule has 0 spiro atoms. The number of hydrogen-bond acceptors (Lipinski definition) is 4. The molecule has 1 unspecified atom stereocenters. The van der Waals surface area contributed by atoms with Crippen molar-refractivity contribution in [2.45, 2.75) is 25.7 Å². The number of likely N-dealkylation sites (tertiary alicyclic amines) is 1. The second kappa shape index (κ2) is 12.2. The Hall–Kier alpha value is -1.68. The first kappa shape index (κ1) is 24.6. The van der Waals surface area contributed by atoms with Crippen LogP contribution in [0.5, 0.6) is 11.5 Å². The fourth-order valence-corrected chi connectivity index (χ4v) is 4.05. The summed E-state index contributed by atoms with van der Waals surface area (Å²) in [5, 5.41) is 8.00. The zero-order valence-corrected chi connectivity index (χ0v) is 20.9. The molecule has 2 aromatic rings. The highest BCUT2D eigenvalue weighted by Gasteiger charge is 2.17. The van der Waals surface area contributed by atoms with E-state index in [0.717, 1.165) is 54.3 Å². The van der Waals surface area contributed by atoms with Gasteiger partial charge in [-0.3, -0.25) is 4.99 Å². The molecule has 0 aliphatic carbocycles. The normalized spacial score (nSPS) is 17.5. The van der Waals surface area contributed by atoms with Gasteiger partial charge in [-0.1, -0.05) is 0 Å². The van der Waals surface area contributed by atoms with Crippen molar-refractivity contribution in [3.63, 3.8) is 0 Å². The van der Waals surface area contributed by atoms with Crippen LogP contribution < -0.4 is 20.1 Å². The van der Waals surface area contributed by atoms with Crippen LogP contribution in [0.3, 0.4) is 0 Å². The standard InChI is InChI=1S/C22H35N5O2.HI/c1-23-22(25-14-16-7-6-10-27(2)15-16)24-9-5-8-17-11-19-20(26-17)12-18(28-3)13-21(19)29-4;/h11-13,16,26H,5-10,14-15H2,1-4H3,(H2,23,24,25);1H. The lowest BCUT2D eigenvalue weighted by Crippen LogP contribution is -2.43. The average Bonchev–Trinajstić information content (AvgIpc) is 3.15. The number of fused-ring (bicyclic) bond motifs is 1. The highest BCUT2D eigenvalue weighted by molar-refractivity contribution is 14.0. The van der Waals surface area contributed by atoms with Crippen molar-refractivity contribution in [1.82, 2.24) is 20.5 Å². The Morgan fingerprint density at radius 1 is 1.23 bits per heavy atom. The van der Waals surface area contributed by atoms with Gasteiger partial charge >= 0.3 is 0 Å². The van der Waals surface area contributed by atoms with Gasteiger partial charge in [0, 0.05) is 49.9 Å². The number of nitrogens with zero attached hydrogens (tertiary/aromatic N) is 2. The summed E-state index contributed by atoms with van der Waals surface area (Å²) in [7, 11) is 7.40. The third kappa shape index (κ3) is 6.66. The largest absolute Gasteiger partial charge is 0.497 e. The van der Waals surface area contributed by atoms with Crippen LogP contribution in [0.2, 0.25) is 0 Å². The first-order chi connectivity index (χ1) is 14.1. The molecule has 1 aliphatic heterocycles. The van der Waals surface area contributed by atoms with Gasteiger partial charge in [0.25, 0.3) is 0 Å². The molecule has 30 heavy (non-hydrogen) atoms. The van der Waals surface area contributed by atoms with Gasteiger partial charge in [-0.05, 0) is 51.3 Å². The summed E-state index contributed by atoms with van der Waals surface area (Å²) in [6, 6.07) is 6.09. The molecule has 0 radical (unpaired) electrons. The number of methoxy groups -OCH3 is 2. The first-order valence-electron chi connectivity index (χ1n) is 10.5. The van der Waals surface area contributed by atoms with Gasteiger partial charge in [-0.15, -0.1) is 24.0 Å². The van der Waals surface area contributed by atoms with Crippen LogP contribution in [-0.4, -0.2) is 70.3 Å². The summed E-state index contributed by atoms with van der Waals surface area (Å²) in [5.41, 5.74) is 2.24. The maximum absolute atomic E-state index is 5.50. The second-order valence-corrected chi connectivity index (χ2v) is 7.84. The van der Waals surface area contributed by atoms with Crippen molar-refractivity contribution >= 4 is 40.8 Å². The van der Waals surface area contributed by atoms with E-state index in [1.165, 1.54) is 31.6 Å². The van der Waals surface area contributed by atoms with Crippen LogP contribution >= 0.6 is 24.0 Å². The van der Waals surface area contributed by atoms with Crippen molar-refractivity contribution in [3.05, 3.63) is 23.9 Å². The molecule has 1 saturated heterocycles. The van der Waals surface area contributed by atoms with Gasteiger partial charge in [0.2, 0.25) is 0 Å². The fourth-order valence-electron chi connectivity index (χ4n) is 4.05. The quantitative estimate of drug-likeness (QED) is 0.212. The van der Waals surface area contributed by atoms with E-state index in [1.54, 1.807) is 14.2 Å². The minimum atomic E-state index is 0. The lowest BCUT2D eigenvalue weighted by molar-refractivity contribution is 0.210. The van der Waals surface area contributed by atoms with Crippen LogP contribution in [0.4, 0.5) is 0 Å². The van der Waals surface area contributed by atoms with Crippen LogP contribution in [0.25, 0.3) is 10.9 Å². The molecule has 1 aromatic heterocycles. The summed E-state index contributed by atoms with van der Waals surface area (Å²) in [6.45, 7) is 4.24. The number of aromatic amines is 1. The minimum absolute atomic E-state index is 0. The number of benzene rings is 1. The van der Waals surface area contributed by atoms with Crippen LogP contribution in [0.1, 0.15) is 25.0 Å². The Balaban J connectivity index is 0.00000320. The lowest BCUT2D eigenvalue weighted by Gasteiger charge is -2.30. The minimum Gasteiger partial charge on any atom is -0.497 e. The Kier molecular flexibility index (Phi) is 10.0. The SMILES string of the molecule is CN=C(NCCCc1cc2c(OC)cc(OC)cc2[nH]1)NCC1CCCN(C)C1.I. The maximum Gasteiger partial charge on any atom is 0.190 e. The summed E-state index contributed by atoms with van der Waals surface area (Å²) >= 11 is 0. The smallest absolute Gasteiger partial charge is 0.190 e. The lowest BCUT2D eigenvalue weighted by atomic mass is 9.99. The number of aryl methyl sites for hydroxylation is 1. The van der Waals surface area contributed by atoms with Gasteiger partial charge < -0.3 is 30.0 Å². The van der Waals surface area contributed by atoms with E-state index in [1.807, 2.05) is 19.2 Å². The topological polar surface area (TPSA) is 73.9 Å². The van der Waals surface area contributed by atoms with E-state index in [9.17, 15) is 0 Å². The van der Waals surface area contributed by atoms with E-state index in [-0.39, 0.29) is 24.0 Å². The second-order valence-electron chi connectivity index (χ2n) is 7.84. The molecular weight excluding hydrogens is 493 g/mol. The van der Waals surface area contributed by atoms with E-state index < -0.39 is 0 Å². The number of hydrogen-bond donors (Lipinski definition) is 3. The molecule has 0 amide bonds. The number of aliphatic imine (C=N–C) groups is 1. The van der Waals surface area contributed by atoms with Crippen LogP contribution in [-0.2, 0) is 6.42 Å². The summed E-state index contributed by atoms with van der Waals surface area (Å²) < 4.78 is 10.9. The molecule has 8 heteroatoms. The van der Waals surface area contributed by atoms with Crippen molar-refractivity contribution in [3.8, 4) is 11.5 Å². The number of piperidine rings is 1. The molecule has 2 heterocycles. The number of nitrogens with one attached hydrogen (secondary N) is 3. The molecule has 7 nitrogen and oxygen atoms in total. The Morgan fingerprint density at radius 2 is 2.07 bits per heavy atom. The zero-order chi connectivity index (χ0) is 20.6. The third-order valence-corrected chi connectivity index (χ3v) is 5.60. The molecule has 1 fully saturated rings. The van der Waals surface area contributed by atoms with Gasteiger partial charge in [0.15, 0.2) is 5.96 Å². The number of H-pyrrole nitrogens is 1. The van der Waals surface area contributed by atoms with Crippen molar-refractivity contribution in [2.75, 3.05) is 54.5 Å². The summed E-state index contributed by atoms with van der Waals surface area (Å²) in [6.07, 6.45) is 4.55. The molecular formula is C22H36IN5O2. The molecule has 1 atom stereocenters. The average molecular weight is 529 g/mol. The highest BCUT2D eigenvalue weighted by Crippen LogP contribution is 2.31. The summed E-state index contributed by atoms with van der Waals surface area (Å²) in [5.74, 6) is 3.22. The number of guanidine groups is 1. The number of halogens is 1. The van der Waals surface area contributed by atoms with E-state index in [4.69, 9.17) is 9.47 Å². The van der Waals surface area contributed by atoms with E-state index in [0.29, 0.717) is 5.92 Å². The van der Waals surface area contributed by atoms with Gasteiger partial charge in [0.05, 0.1) is 19.7 Å². The zero-order valence-electron chi connectivity index (χ0n) is 18.6. The van der Waals surface area contributed by atoms with Crippen LogP contribution in [0, 0.1) is 5.92 Å². The molecule has 168 valence electrons. The van der Waals surface area contributed by atoms with Gasteiger partial charge in [-0.25, -0.2) is 0 Å². The molecule has 1 aromatic carbocycles. The Bertz CT molecular complexity index is 823. The van der Waals surface area contributed by atoms with E-state index in [2.05, 4.69) is 38.6 Å². The molecule has 0 saturated carbocycles. The van der Waals surface area contributed by atoms with E-state index >= 15 is 0 Å². The number of ether oxygens (including phenoxy) is 2. The maximum atomic E-state index is 5.50. The molecule has 3 rings (SSSR count). The Morgan fingerprint density at radius 3 is 2.77 bits per heavy atom. The fraction of sp³-hybridized carbons (Fsp3) is 0.591. The summed E-state index contributed by atoms with van der Waals surface area (Å²) in [4.78, 5) is 10.2. The van der Waals surface area contributed by atoms with Crippen molar-refractivity contribution in [2.24, 2.45) is 10.9 Å². The predicted molar refractivity (Wildman–Crippen MR) is 135 cm³/mol. The van der Waals surface area contributed by atoms with Crippen molar-refractivity contribution in [1.29, 1.82) is 0 Å². The predicted octanol–water partition coefficient (Wildman–Crippen LogP) is 3.24. The molecule has 1 aliphatic rings. The van der Waals surface area contributed by atoms with Gasteiger partial charge in [0.1, 0.15) is 11.5 Å². The number of rotatable bonds is 8. The first-order valence-corrected chi connectivity index (χ1v) is 10.5. The highest BCUT2D eigenvalue weighted by atomic mass is 127. The van der Waals surface area contributed by atoms with Crippen LogP contribution in [0.15, 0.2) is 23.2 Å². The molecule has 3 N–H and O–H groups in total. The monoisotopic (exact) mass is 529 g/mol. The van der Waals surface area contributed by atoms with Gasteiger partial charge in [-0.2, -0.15) is 0 Å². The Labute approximate surface area is 197 Å².